The van der Waals surface area contributed by atoms with Crippen LogP contribution in [0.25, 0.3) is 11.3 Å². The molecule has 2 N–H and O–H groups in total. The van der Waals surface area contributed by atoms with Gasteiger partial charge < -0.3 is 4.74 Å². The van der Waals surface area contributed by atoms with Crippen LogP contribution in [0.5, 0.6) is 0 Å². The van der Waals surface area contributed by atoms with Gasteiger partial charge in [-0.15, -0.1) is 0 Å². The topological polar surface area (TPSA) is 103 Å². The van der Waals surface area contributed by atoms with Crippen molar-refractivity contribution in [3.63, 3.8) is 0 Å². The Morgan fingerprint density at radius 1 is 1.48 bits per heavy atom. The quantitative estimate of drug-likeness (QED) is 0.496. The number of esters is 1. The van der Waals surface area contributed by atoms with E-state index in [2.05, 4.69) is 20.7 Å². The van der Waals surface area contributed by atoms with E-state index in [-0.39, 0.29) is 12.3 Å². The molecule has 0 amide bonds. The van der Waals surface area contributed by atoms with E-state index in [1.165, 1.54) is 0 Å². The number of carbonyl (C=O) groups excluding carboxylic acids is 1. The number of nitrogens with one attached hydrogen (secondary N) is 2. The Labute approximate surface area is 121 Å². The summed E-state index contributed by atoms with van der Waals surface area (Å²) in [6.07, 6.45) is 0. The van der Waals surface area contributed by atoms with Gasteiger partial charge in [0.15, 0.2) is 5.82 Å². The lowest BCUT2D eigenvalue weighted by molar-refractivity contribution is -0.134. The van der Waals surface area contributed by atoms with Crippen LogP contribution in [0.1, 0.15) is 6.92 Å². The first-order valence-electron chi connectivity index (χ1n) is 6.26. The van der Waals surface area contributed by atoms with E-state index in [0.29, 0.717) is 5.82 Å². The van der Waals surface area contributed by atoms with Crippen LogP contribution in [0.3, 0.4) is 0 Å². The van der Waals surface area contributed by atoms with Crippen molar-refractivity contribution in [3.05, 3.63) is 36.4 Å². The van der Waals surface area contributed by atoms with Gasteiger partial charge in [0, 0.05) is 6.07 Å². The van der Waals surface area contributed by atoms with Crippen molar-refractivity contribution in [2.75, 3.05) is 12.0 Å². The maximum Gasteiger partial charge on any atom is 0.369 e. The number of aromatic nitrogens is 2. The van der Waals surface area contributed by atoms with Gasteiger partial charge in [-0.1, -0.05) is 30.3 Å². The monoisotopic (exact) mass is 283 g/mol. The Kier molecular flexibility index (Phi) is 4.66. The minimum atomic E-state index is -0.772. The molecule has 2 rings (SSSR count). The first kappa shape index (κ1) is 14.3. The number of rotatable bonds is 5. The van der Waals surface area contributed by atoms with Gasteiger partial charge in [-0.05, 0) is 12.5 Å². The van der Waals surface area contributed by atoms with Crippen LogP contribution in [-0.2, 0) is 9.53 Å². The summed E-state index contributed by atoms with van der Waals surface area (Å²) in [4.78, 5) is 11.4. The number of hydrogen-bond donors (Lipinski definition) is 2. The Morgan fingerprint density at radius 2 is 2.24 bits per heavy atom. The van der Waals surface area contributed by atoms with E-state index < -0.39 is 5.97 Å². The molecule has 1 heterocycles. The largest absolute Gasteiger partial charge is 0.461 e. The van der Waals surface area contributed by atoms with Crippen molar-refractivity contribution in [2.45, 2.75) is 6.92 Å². The van der Waals surface area contributed by atoms with Crippen molar-refractivity contribution >= 4 is 17.5 Å². The van der Waals surface area contributed by atoms with Gasteiger partial charge in [-0.2, -0.15) is 15.5 Å². The van der Waals surface area contributed by atoms with Crippen LogP contribution in [0.2, 0.25) is 0 Å². The number of nitriles is 1. The van der Waals surface area contributed by atoms with Crippen LogP contribution in [0.15, 0.2) is 41.5 Å². The number of hydrogen-bond acceptors (Lipinski definition) is 6. The number of H-pyrrole nitrogens is 1. The summed E-state index contributed by atoms with van der Waals surface area (Å²) >= 11 is 0. The molecule has 0 aliphatic rings. The zero-order chi connectivity index (χ0) is 15.1. The molecule has 0 bridgehead atoms. The van der Waals surface area contributed by atoms with E-state index >= 15 is 0 Å². The average Bonchev–Trinajstić information content (AvgIpc) is 2.98. The number of carbonyl (C=O) groups is 1. The summed E-state index contributed by atoms with van der Waals surface area (Å²) in [5.41, 5.74) is 3.95. The van der Waals surface area contributed by atoms with Gasteiger partial charge in [0.05, 0.1) is 12.3 Å². The van der Waals surface area contributed by atoms with Crippen LogP contribution in [0, 0.1) is 11.3 Å². The summed E-state index contributed by atoms with van der Waals surface area (Å²) in [5, 5.41) is 19.4. The summed E-state index contributed by atoms with van der Waals surface area (Å²) < 4.78 is 4.70. The van der Waals surface area contributed by atoms with Crippen LogP contribution >= 0.6 is 0 Å². The van der Waals surface area contributed by atoms with Gasteiger partial charge >= 0.3 is 5.97 Å². The Morgan fingerprint density at radius 3 is 2.90 bits per heavy atom. The van der Waals surface area contributed by atoms with Gasteiger partial charge in [0.1, 0.15) is 6.07 Å². The third-order valence-electron chi connectivity index (χ3n) is 2.52. The van der Waals surface area contributed by atoms with Gasteiger partial charge in [0.2, 0.25) is 5.71 Å². The third-order valence-corrected chi connectivity index (χ3v) is 2.52. The van der Waals surface area contributed by atoms with E-state index in [4.69, 9.17) is 10.00 Å². The zero-order valence-electron chi connectivity index (χ0n) is 11.3. The number of anilines is 1. The molecule has 1 aromatic carbocycles. The molecule has 0 aliphatic heterocycles. The molecule has 0 aliphatic carbocycles. The lowest BCUT2D eigenvalue weighted by Crippen LogP contribution is -2.17. The highest BCUT2D eigenvalue weighted by molar-refractivity contribution is 6.43. The van der Waals surface area contributed by atoms with Gasteiger partial charge in [-0.3, -0.25) is 10.5 Å². The predicted octanol–water partition coefficient (Wildman–Crippen LogP) is 1.93. The summed E-state index contributed by atoms with van der Waals surface area (Å²) in [6.45, 7) is 1.83. The molecule has 7 heteroatoms. The Hall–Kier alpha value is -3.14. The molecule has 1 aromatic heterocycles. The van der Waals surface area contributed by atoms with Crippen molar-refractivity contribution in [1.82, 2.24) is 10.2 Å². The van der Waals surface area contributed by atoms with Gasteiger partial charge in [0.25, 0.3) is 0 Å². The van der Waals surface area contributed by atoms with E-state index in [1.54, 1.807) is 19.1 Å². The van der Waals surface area contributed by atoms with E-state index in [1.807, 2.05) is 30.3 Å². The van der Waals surface area contributed by atoms with Crippen molar-refractivity contribution < 1.29 is 9.53 Å². The second-order valence-electron chi connectivity index (χ2n) is 3.94. The molecule has 0 saturated heterocycles. The molecule has 7 nitrogen and oxygen atoms in total. The molecule has 21 heavy (non-hydrogen) atoms. The first-order valence-corrected chi connectivity index (χ1v) is 6.26. The van der Waals surface area contributed by atoms with Crippen LogP contribution < -0.4 is 5.43 Å². The molecule has 106 valence electrons. The standard InChI is InChI=1S/C14H13N5O2/c1-2-21-14(20)12(9-15)17-19-13-8-11(16-18-13)10-6-4-3-5-7-10/h3-8H,2H2,1H3,(H2,16,18,19)/b17-12-. The van der Waals surface area contributed by atoms with Crippen LogP contribution in [-0.4, -0.2) is 28.5 Å². The molecule has 0 radical (unpaired) electrons. The highest BCUT2D eigenvalue weighted by Crippen LogP contribution is 2.18. The second kappa shape index (κ2) is 6.86. The number of ether oxygens (including phenoxy) is 1. The fourth-order valence-corrected chi connectivity index (χ4v) is 1.57. The molecule has 0 atom stereocenters. The minimum Gasteiger partial charge on any atom is -0.461 e. The van der Waals surface area contributed by atoms with E-state index in [0.717, 1.165) is 11.3 Å². The van der Waals surface area contributed by atoms with Crippen molar-refractivity contribution in [3.8, 4) is 17.3 Å². The minimum absolute atomic E-state index is 0.181. The summed E-state index contributed by atoms with van der Waals surface area (Å²) in [7, 11) is 0. The summed E-state index contributed by atoms with van der Waals surface area (Å²) in [6, 6.07) is 13.0. The Bertz CT molecular complexity index is 685. The molecule has 0 fully saturated rings. The van der Waals surface area contributed by atoms with E-state index in [9.17, 15) is 4.79 Å². The molecule has 2 aromatic rings. The molecule has 0 saturated carbocycles. The lowest BCUT2D eigenvalue weighted by Gasteiger charge is -1.98. The highest BCUT2D eigenvalue weighted by atomic mass is 16.5. The average molecular weight is 283 g/mol. The lowest BCUT2D eigenvalue weighted by atomic mass is 10.2. The fourth-order valence-electron chi connectivity index (χ4n) is 1.57. The SMILES string of the molecule is CCOC(=O)/C(C#N)=N\Nc1cc(-c2ccccc2)[nH]n1. The van der Waals surface area contributed by atoms with Crippen molar-refractivity contribution in [2.24, 2.45) is 5.10 Å². The van der Waals surface area contributed by atoms with Gasteiger partial charge in [-0.25, -0.2) is 4.79 Å². The maximum absolute atomic E-state index is 11.4. The molecular weight excluding hydrogens is 270 g/mol. The zero-order valence-corrected chi connectivity index (χ0v) is 11.3. The third kappa shape index (κ3) is 3.67. The smallest absolute Gasteiger partial charge is 0.369 e. The normalized spacial score (nSPS) is 10.8. The number of benzene rings is 1. The predicted molar refractivity (Wildman–Crippen MR) is 77.3 cm³/mol. The Balaban J connectivity index is 2.09. The molecule has 0 spiro atoms. The fraction of sp³-hybridized carbons (Fsp3) is 0.143. The first-order chi connectivity index (χ1) is 10.2. The summed E-state index contributed by atoms with van der Waals surface area (Å²) in [5.74, 6) is -0.378. The highest BCUT2D eigenvalue weighted by Gasteiger charge is 2.12. The number of nitrogens with zero attached hydrogens (tertiary/aromatic N) is 3. The van der Waals surface area contributed by atoms with Crippen molar-refractivity contribution in [1.29, 1.82) is 5.26 Å². The van der Waals surface area contributed by atoms with Crippen LogP contribution in [0.4, 0.5) is 5.82 Å². The maximum atomic E-state index is 11.4. The molecule has 0 unspecified atom stereocenters. The number of aromatic amines is 1. The second-order valence-corrected chi connectivity index (χ2v) is 3.94. The molecular formula is C14H13N5O2. The number of hydrazone groups is 1.